The van der Waals surface area contributed by atoms with E-state index in [1.807, 2.05) is 35.9 Å². The third-order valence-electron chi connectivity index (χ3n) is 6.08. The van der Waals surface area contributed by atoms with Crippen molar-refractivity contribution in [1.29, 1.82) is 0 Å². The molecule has 3 aromatic heterocycles. The Bertz CT molecular complexity index is 1270. The first-order chi connectivity index (χ1) is 15.3. The molecule has 0 aliphatic heterocycles. The first-order valence-corrected chi connectivity index (χ1v) is 10.9. The number of nitrogens with zero attached hydrogens (tertiary/aromatic N) is 5. The molecule has 0 radical (unpaired) electrons. The molecule has 8 heteroatoms. The second-order valence-corrected chi connectivity index (χ2v) is 9.06. The zero-order chi connectivity index (χ0) is 22.9. The molecule has 0 saturated heterocycles. The van der Waals surface area contributed by atoms with Gasteiger partial charge in [0.1, 0.15) is 5.76 Å². The molecule has 0 spiro atoms. The van der Waals surface area contributed by atoms with Gasteiger partial charge in [0, 0.05) is 23.0 Å². The van der Waals surface area contributed by atoms with Gasteiger partial charge in [0.2, 0.25) is 0 Å². The average Bonchev–Trinajstić information content (AvgIpc) is 3.41. The number of hydrogen-bond donors (Lipinski definition) is 1. The molecule has 0 aliphatic rings. The Hall–Kier alpha value is -3.26. The molecule has 0 aliphatic carbocycles. The van der Waals surface area contributed by atoms with Crippen molar-refractivity contribution < 1.29 is 4.42 Å². The lowest BCUT2D eigenvalue weighted by Crippen LogP contribution is -2.32. The maximum atomic E-state index is 12.9. The Labute approximate surface area is 187 Å². The molecule has 4 aromatic rings. The molecule has 4 rings (SSSR count). The molecular weight excluding hydrogens is 404 g/mol. The maximum Gasteiger partial charge on any atom is 0.252 e. The fraction of sp³-hybridized carbons (Fsp3) is 0.417. The van der Waals surface area contributed by atoms with Crippen LogP contribution in [-0.4, -0.2) is 30.1 Å². The molecule has 3 heterocycles. The van der Waals surface area contributed by atoms with Gasteiger partial charge < -0.3 is 9.40 Å². The number of pyridine rings is 1. The monoisotopic (exact) mass is 434 g/mol. The Kier molecular flexibility index (Phi) is 5.97. The van der Waals surface area contributed by atoms with Crippen LogP contribution in [0.1, 0.15) is 55.5 Å². The van der Waals surface area contributed by atoms with E-state index in [4.69, 9.17) is 4.42 Å². The minimum absolute atomic E-state index is 0.0829. The van der Waals surface area contributed by atoms with E-state index in [1.54, 1.807) is 6.26 Å². The van der Waals surface area contributed by atoms with E-state index in [9.17, 15) is 4.79 Å². The zero-order valence-corrected chi connectivity index (χ0v) is 19.3. The number of tetrazole rings is 1. The third-order valence-corrected chi connectivity index (χ3v) is 6.08. The number of aromatic nitrogens is 5. The smallest absolute Gasteiger partial charge is 0.252 e. The lowest BCUT2D eigenvalue weighted by Gasteiger charge is -2.26. The first kappa shape index (κ1) is 22.0. The zero-order valence-electron chi connectivity index (χ0n) is 19.3. The van der Waals surface area contributed by atoms with Gasteiger partial charge in [-0.2, -0.15) is 0 Å². The number of furan rings is 1. The Morgan fingerprint density at radius 3 is 2.69 bits per heavy atom. The molecule has 0 saturated carbocycles. The van der Waals surface area contributed by atoms with Crippen molar-refractivity contribution in [2.75, 3.05) is 0 Å². The van der Waals surface area contributed by atoms with Crippen LogP contribution in [0.15, 0.2) is 45.8 Å². The summed E-state index contributed by atoms with van der Waals surface area (Å²) in [5, 5.41) is 13.5. The highest BCUT2D eigenvalue weighted by atomic mass is 16.3. The van der Waals surface area contributed by atoms with Crippen molar-refractivity contribution in [2.24, 2.45) is 0 Å². The average molecular weight is 435 g/mol. The van der Waals surface area contributed by atoms with Crippen LogP contribution >= 0.6 is 0 Å². The Balaban J connectivity index is 1.69. The van der Waals surface area contributed by atoms with Gasteiger partial charge in [0.25, 0.3) is 5.56 Å². The van der Waals surface area contributed by atoms with Crippen LogP contribution in [-0.2, 0) is 25.2 Å². The van der Waals surface area contributed by atoms with E-state index in [2.05, 4.69) is 59.2 Å². The van der Waals surface area contributed by atoms with Crippen LogP contribution in [0.2, 0.25) is 0 Å². The van der Waals surface area contributed by atoms with Crippen LogP contribution in [0.3, 0.4) is 0 Å². The molecular formula is C24H30N6O2. The van der Waals surface area contributed by atoms with E-state index in [0.29, 0.717) is 25.2 Å². The van der Waals surface area contributed by atoms with Crippen molar-refractivity contribution in [3.8, 4) is 0 Å². The van der Waals surface area contributed by atoms with Gasteiger partial charge in [-0.1, -0.05) is 13.0 Å². The predicted octanol–water partition coefficient (Wildman–Crippen LogP) is 4.07. The summed E-state index contributed by atoms with van der Waals surface area (Å²) in [6.07, 6.45) is 2.55. The van der Waals surface area contributed by atoms with Gasteiger partial charge in [0.05, 0.1) is 24.9 Å². The fourth-order valence-electron chi connectivity index (χ4n) is 3.99. The lowest BCUT2D eigenvalue weighted by atomic mass is 10.0. The number of hydrogen-bond acceptors (Lipinski definition) is 6. The van der Waals surface area contributed by atoms with Crippen molar-refractivity contribution >= 4 is 10.9 Å². The Morgan fingerprint density at radius 1 is 1.16 bits per heavy atom. The summed E-state index contributed by atoms with van der Waals surface area (Å²) in [7, 11) is 0. The highest BCUT2D eigenvalue weighted by Crippen LogP contribution is 2.22. The number of aryl methyl sites for hydroxylation is 2. The molecule has 1 aromatic carbocycles. The minimum atomic E-state index is -0.204. The molecule has 1 N–H and O–H groups in total. The summed E-state index contributed by atoms with van der Waals surface area (Å²) in [4.78, 5) is 18.1. The summed E-state index contributed by atoms with van der Waals surface area (Å²) in [5.74, 6) is 1.58. The van der Waals surface area contributed by atoms with Gasteiger partial charge in [0.15, 0.2) is 5.82 Å². The van der Waals surface area contributed by atoms with Crippen LogP contribution in [0, 0.1) is 13.8 Å². The lowest BCUT2D eigenvalue weighted by molar-refractivity contribution is 0.203. The van der Waals surface area contributed by atoms with Crippen LogP contribution in [0.25, 0.3) is 10.9 Å². The summed E-state index contributed by atoms with van der Waals surface area (Å²) >= 11 is 0. The molecule has 168 valence electrons. The molecule has 0 amide bonds. The van der Waals surface area contributed by atoms with E-state index in [1.165, 1.54) is 0 Å². The maximum absolute atomic E-state index is 12.9. The van der Waals surface area contributed by atoms with Gasteiger partial charge in [-0.25, -0.2) is 4.68 Å². The van der Waals surface area contributed by atoms with Gasteiger partial charge in [-0.15, -0.1) is 5.10 Å². The first-order valence-electron chi connectivity index (χ1n) is 10.9. The number of H-pyrrole nitrogens is 1. The molecule has 32 heavy (non-hydrogen) atoms. The number of nitrogens with one attached hydrogen (secondary N) is 1. The van der Waals surface area contributed by atoms with Gasteiger partial charge in [-0.3, -0.25) is 9.69 Å². The van der Waals surface area contributed by atoms with Gasteiger partial charge >= 0.3 is 0 Å². The topological polar surface area (TPSA) is 92.8 Å². The Morgan fingerprint density at radius 2 is 1.97 bits per heavy atom. The van der Waals surface area contributed by atoms with Gasteiger partial charge in [-0.05, 0) is 79.9 Å². The van der Waals surface area contributed by atoms with Crippen LogP contribution in [0.5, 0.6) is 0 Å². The second-order valence-electron chi connectivity index (χ2n) is 9.06. The summed E-state index contributed by atoms with van der Waals surface area (Å²) in [6, 6.07) is 9.94. The van der Waals surface area contributed by atoms with E-state index in [-0.39, 0.29) is 11.1 Å². The van der Waals surface area contributed by atoms with Crippen molar-refractivity contribution in [2.45, 2.75) is 66.2 Å². The minimum Gasteiger partial charge on any atom is -0.468 e. The quantitative estimate of drug-likeness (QED) is 0.449. The van der Waals surface area contributed by atoms with Crippen LogP contribution < -0.4 is 5.56 Å². The molecule has 0 atom stereocenters. The summed E-state index contributed by atoms with van der Waals surface area (Å²) < 4.78 is 7.46. The van der Waals surface area contributed by atoms with E-state index < -0.39 is 0 Å². The highest BCUT2D eigenvalue weighted by Gasteiger charge is 2.25. The second kappa shape index (κ2) is 8.70. The molecule has 0 bridgehead atoms. The van der Waals surface area contributed by atoms with E-state index in [0.717, 1.165) is 40.0 Å². The normalized spacial score (nSPS) is 12.2. The predicted molar refractivity (Wildman–Crippen MR) is 123 cm³/mol. The molecule has 8 nitrogen and oxygen atoms in total. The third kappa shape index (κ3) is 4.50. The van der Waals surface area contributed by atoms with Crippen molar-refractivity contribution in [1.82, 2.24) is 30.1 Å². The fourth-order valence-corrected chi connectivity index (χ4v) is 3.99. The highest BCUT2D eigenvalue weighted by molar-refractivity contribution is 5.83. The number of aromatic amines is 1. The molecule has 0 fully saturated rings. The standard InChI is InChI=1S/C24H30N6O2/c1-6-24(4,5)30-22(26-27-28-30)15-29(14-19-8-7-9-32-19)13-18-12-20-17(3)10-16(2)11-21(20)25-23(18)31/h7-12H,6,13-15H2,1-5H3,(H,25,31). The summed E-state index contributed by atoms with van der Waals surface area (Å²) in [6.45, 7) is 11.9. The van der Waals surface area contributed by atoms with Crippen molar-refractivity contribution in [3.05, 3.63) is 75.2 Å². The molecule has 0 unspecified atom stereocenters. The van der Waals surface area contributed by atoms with E-state index >= 15 is 0 Å². The number of rotatable bonds is 8. The number of benzene rings is 1. The largest absolute Gasteiger partial charge is 0.468 e. The number of fused-ring (bicyclic) bond motifs is 1. The van der Waals surface area contributed by atoms with Crippen molar-refractivity contribution in [3.63, 3.8) is 0 Å². The van der Waals surface area contributed by atoms with Crippen LogP contribution in [0.4, 0.5) is 0 Å². The summed E-state index contributed by atoms with van der Waals surface area (Å²) in [5.41, 5.74) is 3.55. The SMILES string of the molecule is CCC(C)(C)n1nnnc1CN(Cc1ccco1)Cc1cc2c(C)cc(C)cc2[nH]c1=O.